The van der Waals surface area contributed by atoms with Gasteiger partial charge in [0.2, 0.25) is 5.13 Å². The molecule has 1 unspecified atom stereocenters. The monoisotopic (exact) mass is 321 g/mol. The molecule has 1 aliphatic rings. The number of likely N-dealkylation sites (N-methyl/N-ethyl adjacent to an activating group) is 1. The van der Waals surface area contributed by atoms with E-state index in [1.54, 1.807) is 11.1 Å². The summed E-state index contributed by atoms with van der Waals surface area (Å²) in [5.74, 6) is 0.965. The van der Waals surface area contributed by atoms with E-state index in [1.807, 2.05) is 24.7 Å². The van der Waals surface area contributed by atoms with Crippen molar-refractivity contribution in [1.82, 2.24) is 29.5 Å². The standard InChI is InChI=1S/C13H19N7OS/c1-9-16-17-12(22-9)15-13(21)20-7-6-18(2)10(8-20)11-14-4-5-19(11)3/h4-5,10H,6-8H2,1-3H3,(H,15,17,21). The molecule has 0 bridgehead atoms. The van der Waals surface area contributed by atoms with Gasteiger partial charge in [-0.25, -0.2) is 9.78 Å². The van der Waals surface area contributed by atoms with Crippen LogP contribution in [0.4, 0.5) is 9.93 Å². The Kier molecular flexibility index (Phi) is 4.08. The average Bonchev–Trinajstić information content (AvgIpc) is 3.08. The Bertz CT molecular complexity index is 667. The molecule has 8 nitrogen and oxygen atoms in total. The van der Waals surface area contributed by atoms with Crippen molar-refractivity contribution in [1.29, 1.82) is 0 Å². The Morgan fingerprint density at radius 1 is 1.36 bits per heavy atom. The maximum absolute atomic E-state index is 12.4. The molecule has 2 aromatic heterocycles. The molecule has 0 radical (unpaired) electrons. The molecule has 22 heavy (non-hydrogen) atoms. The van der Waals surface area contributed by atoms with Crippen LogP contribution in [0.15, 0.2) is 12.4 Å². The molecule has 0 aliphatic carbocycles. The first-order chi connectivity index (χ1) is 10.5. The first kappa shape index (κ1) is 14.9. The Hall–Kier alpha value is -2.00. The molecule has 2 aromatic rings. The number of carbonyl (C=O) groups is 1. The molecule has 0 spiro atoms. The quantitative estimate of drug-likeness (QED) is 0.896. The summed E-state index contributed by atoms with van der Waals surface area (Å²) >= 11 is 1.37. The minimum atomic E-state index is -0.136. The fraction of sp³-hybridized carbons (Fsp3) is 0.538. The molecule has 9 heteroatoms. The van der Waals surface area contributed by atoms with Crippen molar-refractivity contribution in [3.63, 3.8) is 0 Å². The van der Waals surface area contributed by atoms with E-state index < -0.39 is 0 Å². The number of urea groups is 1. The van der Waals surface area contributed by atoms with Crippen molar-refractivity contribution in [2.75, 3.05) is 32.0 Å². The lowest BCUT2D eigenvalue weighted by Gasteiger charge is -2.38. The molecular formula is C13H19N7OS. The smallest absolute Gasteiger partial charge is 0.323 e. The van der Waals surface area contributed by atoms with Crippen molar-refractivity contribution in [3.05, 3.63) is 23.2 Å². The van der Waals surface area contributed by atoms with Gasteiger partial charge in [0, 0.05) is 39.1 Å². The van der Waals surface area contributed by atoms with Gasteiger partial charge in [-0.15, -0.1) is 10.2 Å². The van der Waals surface area contributed by atoms with Gasteiger partial charge >= 0.3 is 6.03 Å². The summed E-state index contributed by atoms with van der Waals surface area (Å²) < 4.78 is 2.00. The highest BCUT2D eigenvalue weighted by Gasteiger charge is 2.31. The number of anilines is 1. The predicted molar refractivity (Wildman–Crippen MR) is 83.8 cm³/mol. The number of aryl methyl sites for hydroxylation is 2. The van der Waals surface area contributed by atoms with Gasteiger partial charge < -0.3 is 9.47 Å². The van der Waals surface area contributed by atoms with Gasteiger partial charge in [-0.1, -0.05) is 11.3 Å². The van der Waals surface area contributed by atoms with Crippen LogP contribution in [-0.2, 0) is 7.05 Å². The third-order valence-corrected chi connectivity index (χ3v) is 4.59. The van der Waals surface area contributed by atoms with Gasteiger partial charge in [-0.3, -0.25) is 10.2 Å². The Morgan fingerprint density at radius 3 is 2.82 bits per heavy atom. The second-order valence-electron chi connectivity index (χ2n) is 5.40. The lowest BCUT2D eigenvalue weighted by atomic mass is 10.1. The number of amides is 2. The zero-order valence-corrected chi connectivity index (χ0v) is 13.7. The summed E-state index contributed by atoms with van der Waals surface area (Å²) in [5, 5.41) is 12.0. The lowest BCUT2D eigenvalue weighted by Crippen LogP contribution is -2.50. The van der Waals surface area contributed by atoms with Gasteiger partial charge in [0.1, 0.15) is 10.8 Å². The third-order valence-electron chi connectivity index (χ3n) is 3.83. The number of nitrogens with one attached hydrogen (secondary N) is 1. The topological polar surface area (TPSA) is 79.2 Å². The number of piperazine rings is 1. The summed E-state index contributed by atoms with van der Waals surface area (Å²) in [6.45, 7) is 3.95. The van der Waals surface area contributed by atoms with E-state index in [2.05, 4.69) is 32.4 Å². The Morgan fingerprint density at radius 2 is 2.18 bits per heavy atom. The largest absolute Gasteiger partial charge is 0.337 e. The van der Waals surface area contributed by atoms with Gasteiger partial charge in [-0.2, -0.15) is 0 Å². The molecule has 118 valence electrons. The minimum Gasteiger partial charge on any atom is -0.337 e. The Labute approximate surface area is 132 Å². The van der Waals surface area contributed by atoms with Crippen molar-refractivity contribution < 1.29 is 4.79 Å². The molecule has 1 atom stereocenters. The molecule has 1 fully saturated rings. The zero-order valence-electron chi connectivity index (χ0n) is 12.9. The summed E-state index contributed by atoms with van der Waals surface area (Å²) in [4.78, 5) is 20.8. The van der Waals surface area contributed by atoms with Crippen LogP contribution in [-0.4, -0.2) is 62.3 Å². The van der Waals surface area contributed by atoms with Crippen LogP contribution in [0.5, 0.6) is 0 Å². The number of hydrogen-bond acceptors (Lipinski definition) is 6. The summed E-state index contributed by atoms with van der Waals surface area (Å²) in [6.07, 6.45) is 3.71. The van der Waals surface area contributed by atoms with Gasteiger partial charge in [0.25, 0.3) is 0 Å². The number of imidazole rings is 1. The number of aromatic nitrogens is 4. The fourth-order valence-electron chi connectivity index (χ4n) is 2.55. The summed E-state index contributed by atoms with van der Waals surface area (Å²) in [5.41, 5.74) is 0. The minimum absolute atomic E-state index is 0.0932. The van der Waals surface area contributed by atoms with Crippen LogP contribution in [0.1, 0.15) is 16.9 Å². The van der Waals surface area contributed by atoms with Crippen LogP contribution in [0.3, 0.4) is 0 Å². The maximum atomic E-state index is 12.4. The van der Waals surface area contributed by atoms with Crippen LogP contribution >= 0.6 is 11.3 Å². The lowest BCUT2D eigenvalue weighted by molar-refractivity contribution is 0.110. The van der Waals surface area contributed by atoms with E-state index >= 15 is 0 Å². The molecule has 1 N–H and O–H groups in total. The van der Waals surface area contributed by atoms with Crippen LogP contribution in [0.2, 0.25) is 0 Å². The molecule has 2 amide bonds. The highest BCUT2D eigenvalue weighted by atomic mass is 32.1. The molecule has 0 aromatic carbocycles. The van der Waals surface area contributed by atoms with Crippen molar-refractivity contribution in [2.45, 2.75) is 13.0 Å². The van der Waals surface area contributed by atoms with E-state index in [4.69, 9.17) is 0 Å². The molecule has 3 heterocycles. The summed E-state index contributed by atoms with van der Waals surface area (Å²) in [7, 11) is 4.03. The normalized spacial score (nSPS) is 19.4. The van der Waals surface area contributed by atoms with Crippen molar-refractivity contribution in [3.8, 4) is 0 Å². The average molecular weight is 321 g/mol. The SMILES string of the molecule is Cc1nnc(NC(=O)N2CCN(C)C(c3nccn3C)C2)s1. The molecule has 0 saturated carbocycles. The second kappa shape index (κ2) is 6.01. The van der Waals surface area contributed by atoms with Gasteiger partial charge in [0.15, 0.2) is 0 Å². The first-order valence-electron chi connectivity index (χ1n) is 7.08. The second-order valence-corrected chi connectivity index (χ2v) is 6.58. The van der Waals surface area contributed by atoms with Crippen LogP contribution in [0.25, 0.3) is 0 Å². The van der Waals surface area contributed by atoms with Crippen LogP contribution < -0.4 is 5.32 Å². The highest BCUT2D eigenvalue weighted by Crippen LogP contribution is 2.23. The fourth-order valence-corrected chi connectivity index (χ4v) is 3.13. The molecule has 1 saturated heterocycles. The van der Waals surface area contributed by atoms with Crippen molar-refractivity contribution >= 4 is 22.5 Å². The molecule has 1 aliphatic heterocycles. The molecular weight excluding hydrogens is 302 g/mol. The van der Waals surface area contributed by atoms with Gasteiger partial charge in [0.05, 0.1) is 6.04 Å². The van der Waals surface area contributed by atoms with E-state index in [0.29, 0.717) is 18.2 Å². The zero-order chi connectivity index (χ0) is 15.7. The third kappa shape index (κ3) is 2.95. The van der Waals surface area contributed by atoms with Crippen molar-refractivity contribution in [2.24, 2.45) is 7.05 Å². The van der Waals surface area contributed by atoms with E-state index in [-0.39, 0.29) is 12.1 Å². The summed E-state index contributed by atoms with van der Waals surface area (Å²) in [6, 6.07) is -0.0425. The highest BCUT2D eigenvalue weighted by molar-refractivity contribution is 7.15. The maximum Gasteiger partial charge on any atom is 0.323 e. The number of hydrogen-bond donors (Lipinski definition) is 1. The van der Waals surface area contributed by atoms with Crippen LogP contribution in [0, 0.1) is 6.92 Å². The molecule has 3 rings (SSSR count). The first-order valence-corrected chi connectivity index (χ1v) is 7.89. The predicted octanol–water partition coefficient (Wildman–Crippen LogP) is 1.10. The van der Waals surface area contributed by atoms with E-state index in [1.165, 1.54) is 11.3 Å². The van der Waals surface area contributed by atoms with Gasteiger partial charge in [-0.05, 0) is 14.0 Å². The number of nitrogens with zero attached hydrogens (tertiary/aromatic N) is 6. The Balaban J connectivity index is 1.70. The van der Waals surface area contributed by atoms with E-state index in [0.717, 1.165) is 17.4 Å². The number of rotatable bonds is 2. The van der Waals surface area contributed by atoms with E-state index in [9.17, 15) is 4.79 Å². The number of carbonyl (C=O) groups excluding carboxylic acids is 1.